The van der Waals surface area contributed by atoms with Gasteiger partial charge < -0.3 is 20.4 Å². The summed E-state index contributed by atoms with van der Waals surface area (Å²) in [7, 11) is 3.44. The van der Waals surface area contributed by atoms with Crippen molar-refractivity contribution in [2.24, 2.45) is 10.9 Å². The number of aliphatic imine (C=N–C) groups is 1. The lowest BCUT2D eigenvalue weighted by molar-refractivity contribution is -0.130. The van der Waals surface area contributed by atoms with Crippen LogP contribution < -0.4 is 10.6 Å². The number of nitrogens with one attached hydrogen (secondary N) is 2. The summed E-state index contributed by atoms with van der Waals surface area (Å²) in [4.78, 5) is 31.2. The van der Waals surface area contributed by atoms with E-state index in [9.17, 15) is 9.59 Å². The fraction of sp³-hybridized carbons (Fsp3) is 0.812. The molecule has 0 radical (unpaired) electrons. The highest BCUT2D eigenvalue weighted by atomic mass is 127. The Kier molecular flexibility index (Phi) is 11.0. The molecule has 2 amide bonds. The van der Waals surface area contributed by atoms with E-state index < -0.39 is 0 Å². The smallest absolute Gasteiger partial charge is 0.243 e. The van der Waals surface area contributed by atoms with Gasteiger partial charge in [-0.2, -0.15) is 0 Å². The van der Waals surface area contributed by atoms with Gasteiger partial charge in [-0.15, -0.1) is 24.0 Å². The highest BCUT2D eigenvalue weighted by molar-refractivity contribution is 14.0. The van der Waals surface area contributed by atoms with Crippen molar-refractivity contribution < 1.29 is 9.59 Å². The molecule has 1 heterocycles. The van der Waals surface area contributed by atoms with Gasteiger partial charge in [-0.1, -0.05) is 20.8 Å². The van der Waals surface area contributed by atoms with Gasteiger partial charge in [0.25, 0.3) is 0 Å². The quantitative estimate of drug-likeness (QED) is 0.356. The van der Waals surface area contributed by atoms with Crippen LogP contribution in [0.15, 0.2) is 4.99 Å². The van der Waals surface area contributed by atoms with Crippen LogP contribution >= 0.6 is 24.0 Å². The van der Waals surface area contributed by atoms with Crippen molar-refractivity contribution >= 4 is 41.8 Å². The Labute approximate surface area is 162 Å². The lowest BCUT2D eigenvalue weighted by Crippen LogP contribution is -2.46. The highest BCUT2D eigenvalue weighted by Crippen LogP contribution is 2.10. The fourth-order valence-electron chi connectivity index (χ4n) is 2.26. The van der Waals surface area contributed by atoms with Crippen LogP contribution in [0.5, 0.6) is 0 Å². The Hall–Kier alpha value is -1.06. The van der Waals surface area contributed by atoms with Gasteiger partial charge in [0.05, 0.1) is 0 Å². The van der Waals surface area contributed by atoms with Gasteiger partial charge in [0, 0.05) is 46.2 Å². The number of likely N-dealkylation sites (tertiary alicyclic amines) is 1. The zero-order valence-corrected chi connectivity index (χ0v) is 17.8. The van der Waals surface area contributed by atoms with Crippen molar-refractivity contribution in [1.82, 2.24) is 20.4 Å². The molecule has 1 saturated heterocycles. The van der Waals surface area contributed by atoms with Crippen molar-refractivity contribution in [1.29, 1.82) is 0 Å². The summed E-state index contributed by atoms with van der Waals surface area (Å²) in [5.41, 5.74) is 0. The molecule has 140 valence electrons. The van der Waals surface area contributed by atoms with Crippen molar-refractivity contribution in [3.05, 3.63) is 0 Å². The minimum absolute atomic E-state index is 0. The summed E-state index contributed by atoms with van der Waals surface area (Å²) in [5, 5.41) is 6.61. The molecule has 1 aliphatic rings. The summed E-state index contributed by atoms with van der Waals surface area (Å²) < 4.78 is 0. The predicted octanol–water partition coefficient (Wildman–Crippen LogP) is 0.895. The van der Waals surface area contributed by atoms with Gasteiger partial charge in [-0.3, -0.25) is 9.59 Å². The van der Waals surface area contributed by atoms with E-state index in [0.29, 0.717) is 24.8 Å². The van der Waals surface area contributed by atoms with Crippen LogP contribution in [0.2, 0.25) is 0 Å². The molecule has 0 bridgehead atoms. The van der Waals surface area contributed by atoms with Crippen LogP contribution in [0, 0.1) is 5.92 Å². The third-order valence-corrected chi connectivity index (χ3v) is 3.73. The van der Waals surface area contributed by atoms with Crippen LogP contribution in [-0.2, 0) is 9.59 Å². The Morgan fingerprint density at radius 1 is 1.33 bits per heavy atom. The van der Waals surface area contributed by atoms with E-state index >= 15 is 0 Å². The number of amides is 2. The Morgan fingerprint density at radius 3 is 2.54 bits per heavy atom. The second-order valence-electron chi connectivity index (χ2n) is 6.55. The number of likely N-dealkylation sites (N-methyl/N-ethyl adjacent to an activating group) is 1. The van der Waals surface area contributed by atoms with Crippen molar-refractivity contribution in [2.45, 2.75) is 39.7 Å². The molecule has 1 unspecified atom stereocenters. The average molecular weight is 453 g/mol. The maximum atomic E-state index is 11.8. The third-order valence-electron chi connectivity index (χ3n) is 3.73. The minimum atomic E-state index is -0.0372. The third kappa shape index (κ3) is 8.16. The number of guanidine groups is 1. The van der Waals surface area contributed by atoms with Crippen molar-refractivity contribution in [3.8, 4) is 0 Å². The van der Waals surface area contributed by atoms with Gasteiger partial charge in [-0.25, -0.2) is 4.99 Å². The number of hydrogen-bond donors (Lipinski definition) is 2. The predicted molar refractivity (Wildman–Crippen MR) is 108 cm³/mol. The Bertz CT molecular complexity index is 440. The molecule has 1 rings (SSSR count). The SMILES string of the molecule is CCC(=O)N1CCC(NC(=NCC(=O)N(C)C)NCC(C)C)C1.I. The van der Waals surface area contributed by atoms with Crippen LogP contribution in [0.3, 0.4) is 0 Å². The second-order valence-corrected chi connectivity index (χ2v) is 6.55. The fourth-order valence-corrected chi connectivity index (χ4v) is 2.26. The van der Waals surface area contributed by atoms with Gasteiger partial charge in [0.1, 0.15) is 6.54 Å². The number of carbonyl (C=O) groups excluding carboxylic acids is 2. The van der Waals surface area contributed by atoms with Gasteiger partial charge >= 0.3 is 0 Å². The van der Waals surface area contributed by atoms with Crippen molar-refractivity contribution in [2.75, 3.05) is 40.3 Å². The summed E-state index contributed by atoms with van der Waals surface area (Å²) in [6.07, 6.45) is 1.44. The normalized spacial score (nSPS) is 17.5. The van der Waals surface area contributed by atoms with Gasteiger partial charge in [0.15, 0.2) is 5.96 Å². The molecule has 0 aliphatic carbocycles. The average Bonchev–Trinajstić information content (AvgIpc) is 2.97. The van der Waals surface area contributed by atoms with Crippen molar-refractivity contribution in [3.63, 3.8) is 0 Å². The number of rotatable bonds is 6. The Morgan fingerprint density at radius 2 is 2.00 bits per heavy atom. The zero-order chi connectivity index (χ0) is 17.4. The molecule has 1 fully saturated rings. The van der Waals surface area contributed by atoms with Crippen LogP contribution in [0.4, 0.5) is 0 Å². The lowest BCUT2D eigenvalue weighted by Gasteiger charge is -2.20. The number of nitrogens with zero attached hydrogens (tertiary/aromatic N) is 3. The molecular weight excluding hydrogens is 421 g/mol. The molecule has 2 N–H and O–H groups in total. The largest absolute Gasteiger partial charge is 0.356 e. The van der Waals surface area contributed by atoms with E-state index in [2.05, 4.69) is 29.5 Å². The maximum absolute atomic E-state index is 11.8. The summed E-state index contributed by atoms with van der Waals surface area (Å²) in [6, 6.07) is 0.179. The number of carbonyl (C=O) groups is 2. The zero-order valence-electron chi connectivity index (χ0n) is 15.5. The molecule has 0 aromatic heterocycles. The van der Waals surface area contributed by atoms with Gasteiger partial charge in [0.2, 0.25) is 11.8 Å². The summed E-state index contributed by atoms with van der Waals surface area (Å²) in [5.74, 6) is 1.27. The van der Waals surface area contributed by atoms with Gasteiger partial charge in [-0.05, 0) is 12.3 Å². The first-order chi connectivity index (χ1) is 10.8. The lowest BCUT2D eigenvalue weighted by atomic mass is 10.2. The molecule has 7 nitrogen and oxygen atoms in total. The highest BCUT2D eigenvalue weighted by Gasteiger charge is 2.25. The molecule has 0 spiro atoms. The summed E-state index contributed by atoms with van der Waals surface area (Å²) in [6.45, 7) is 8.48. The standard InChI is InChI=1S/C16H31N5O2.HI/c1-6-14(22)21-8-7-13(11-21)19-16(17-9-12(2)3)18-10-15(23)20(4)5;/h12-13H,6-11H2,1-5H3,(H2,17,18,19);1H. The molecule has 24 heavy (non-hydrogen) atoms. The number of hydrogen-bond acceptors (Lipinski definition) is 3. The molecule has 0 aromatic rings. The van der Waals surface area contributed by atoms with E-state index in [1.165, 1.54) is 4.90 Å². The molecule has 0 saturated carbocycles. The number of halogens is 1. The maximum Gasteiger partial charge on any atom is 0.243 e. The molecule has 8 heteroatoms. The monoisotopic (exact) mass is 453 g/mol. The van der Waals surface area contributed by atoms with E-state index in [0.717, 1.165) is 19.5 Å². The summed E-state index contributed by atoms with van der Waals surface area (Å²) >= 11 is 0. The van der Waals surface area contributed by atoms with Crippen LogP contribution in [-0.4, -0.2) is 73.9 Å². The van der Waals surface area contributed by atoms with Crippen LogP contribution in [0.1, 0.15) is 33.6 Å². The molecule has 0 aromatic carbocycles. The van der Waals surface area contributed by atoms with E-state index in [1.54, 1.807) is 14.1 Å². The Balaban J connectivity index is 0.00000529. The topological polar surface area (TPSA) is 77.0 Å². The molecular formula is C16H32IN5O2. The second kappa shape index (κ2) is 11.5. The first kappa shape index (κ1) is 22.9. The molecule has 1 aliphatic heterocycles. The van der Waals surface area contributed by atoms with E-state index in [-0.39, 0.29) is 48.4 Å². The van der Waals surface area contributed by atoms with Crippen LogP contribution in [0.25, 0.3) is 0 Å². The minimum Gasteiger partial charge on any atom is -0.356 e. The first-order valence-electron chi connectivity index (χ1n) is 8.36. The van der Waals surface area contributed by atoms with E-state index in [1.807, 2.05) is 11.8 Å². The molecule has 1 atom stereocenters. The first-order valence-corrected chi connectivity index (χ1v) is 8.36. The van der Waals surface area contributed by atoms with E-state index in [4.69, 9.17) is 0 Å².